The largest absolute Gasteiger partial charge is 0.477 e. The molecule has 0 radical (unpaired) electrons. The molecule has 0 unspecified atom stereocenters. The summed E-state index contributed by atoms with van der Waals surface area (Å²) in [4.78, 5) is 42.3. The molecule has 1 aliphatic heterocycles. The number of nitrogens with zero attached hydrogens (tertiary/aromatic N) is 4. The zero-order valence-corrected chi connectivity index (χ0v) is 19.6. The van der Waals surface area contributed by atoms with Crippen molar-refractivity contribution in [1.82, 2.24) is 25.3 Å². The number of aromatic amines is 1. The van der Waals surface area contributed by atoms with Crippen LogP contribution in [0.4, 0.5) is 5.13 Å². The van der Waals surface area contributed by atoms with E-state index in [4.69, 9.17) is 16.3 Å². The molecule has 1 aliphatic rings. The lowest BCUT2D eigenvalue weighted by molar-refractivity contribution is 0.0272. The van der Waals surface area contributed by atoms with Gasteiger partial charge in [0.05, 0.1) is 23.4 Å². The Morgan fingerprint density at radius 1 is 1.42 bits per heavy atom. The zero-order valence-electron chi connectivity index (χ0n) is 18.0. The lowest BCUT2D eigenvalue weighted by atomic mass is 10.0. The number of aromatic nitrogens is 4. The topological polar surface area (TPSA) is 133 Å². The van der Waals surface area contributed by atoms with Crippen LogP contribution in [0.1, 0.15) is 39.2 Å². The lowest BCUT2D eigenvalue weighted by Crippen LogP contribution is -2.55. The number of hydrogen-bond donors (Lipinski definition) is 3. The fourth-order valence-electron chi connectivity index (χ4n) is 3.72. The Kier molecular flexibility index (Phi) is 6.91. The molecule has 3 aromatic heterocycles. The third-order valence-corrected chi connectivity index (χ3v) is 6.84. The number of carbonyl (C=O) groups is 2. The number of nitrogens with one attached hydrogen (secondary N) is 2. The van der Waals surface area contributed by atoms with Gasteiger partial charge in [0.25, 0.3) is 5.91 Å². The van der Waals surface area contributed by atoms with Crippen molar-refractivity contribution >= 4 is 39.9 Å². The van der Waals surface area contributed by atoms with Crippen molar-refractivity contribution in [2.45, 2.75) is 32.4 Å². The summed E-state index contributed by atoms with van der Waals surface area (Å²) in [6, 6.07) is 1.39. The maximum Gasteiger partial charge on any atom is 0.348 e. The molecule has 3 aromatic rings. The van der Waals surface area contributed by atoms with Crippen LogP contribution in [0.5, 0.6) is 0 Å². The van der Waals surface area contributed by atoms with Crippen molar-refractivity contribution in [1.29, 1.82) is 0 Å². The van der Waals surface area contributed by atoms with Crippen LogP contribution in [0.2, 0.25) is 5.02 Å². The first-order valence-electron chi connectivity index (χ1n) is 10.4. The molecule has 33 heavy (non-hydrogen) atoms. The average Bonchev–Trinajstić information content (AvgIpc) is 3.40. The Balaban J connectivity index is 1.52. The van der Waals surface area contributed by atoms with Crippen molar-refractivity contribution in [3.63, 3.8) is 0 Å². The molecule has 0 aromatic carbocycles. The van der Waals surface area contributed by atoms with Gasteiger partial charge in [-0.15, -0.1) is 0 Å². The highest BCUT2D eigenvalue weighted by atomic mass is 35.5. The molecule has 0 saturated carbocycles. The number of piperidine rings is 1. The monoisotopic (exact) mass is 490 g/mol. The van der Waals surface area contributed by atoms with E-state index in [2.05, 4.69) is 25.3 Å². The molecule has 2 atom stereocenters. The van der Waals surface area contributed by atoms with Crippen LogP contribution in [0.25, 0.3) is 11.4 Å². The van der Waals surface area contributed by atoms with E-state index in [0.717, 1.165) is 17.0 Å². The van der Waals surface area contributed by atoms with Crippen molar-refractivity contribution in [2.24, 2.45) is 0 Å². The number of carbonyl (C=O) groups excluding carboxylic acids is 1. The van der Waals surface area contributed by atoms with Crippen molar-refractivity contribution in [3.05, 3.63) is 45.9 Å². The number of carboxylic acid groups (broad SMARTS) is 1. The van der Waals surface area contributed by atoms with E-state index in [1.54, 1.807) is 13.0 Å². The summed E-state index contributed by atoms with van der Waals surface area (Å²) in [5, 5.41) is 13.8. The number of halogens is 1. The average molecular weight is 491 g/mol. The van der Waals surface area contributed by atoms with Crippen molar-refractivity contribution < 1.29 is 19.4 Å². The first-order chi connectivity index (χ1) is 15.9. The predicted molar refractivity (Wildman–Crippen MR) is 124 cm³/mol. The number of aryl methyl sites for hydroxylation is 1. The summed E-state index contributed by atoms with van der Waals surface area (Å²) in [6.45, 7) is 5.20. The Hall–Kier alpha value is -3.02. The van der Waals surface area contributed by atoms with Crippen LogP contribution in [0.3, 0.4) is 0 Å². The molecule has 0 spiro atoms. The summed E-state index contributed by atoms with van der Waals surface area (Å²) in [6.07, 6.45) is 4.82. The summed E-state index contributed by atoms with van der Waals surface area (Å²) in [7, 11) is 0. The molecular formula is C21H23ClN6O4S. The second-order valence-electron chi connectivity index (χ2n) is 7.53. The second-order valence-corrected chi connectivity index (χ2v) is 8.92. The zero-order chi connectivity index (χ0) is 23.5. The number of amides is 1. The van der Waals surface area contributed by atoms with Gasteiger partial charge in [-0.2, -0.15) is 0 Å². The lowest BCUT2D eigenvalue weighted by Gasteiger charge is -2.38. The molecular weight excluding hydrogens is 468 g/mol. The number of H-pyrrole nitrogens is 1. The van der Waals surface area contributed by atoms with Gasteiger partial charge in [-0.25, -0.2) is 9.78 Å². The van der Waals surface area contributed by atoms with Gasteiger partial charge < -0.3 is 25.0 Å². The van der Waals surface area contributed by atoms with E-state index < -0.39 is 5.97 Å². The van der Waals surface area contributed by atoms with Gasteiger partial charge in [0.2, 0.25) is 0 Å². The number of aromatic carboxylic acids is 1. The predicted octanol–water partition coefficient (Wildman–Crippen LogP) is 3.00. The van der Waals surface area contributed by atoms with E-state index in [1.807, 2.05) is 11.8 Å². The Bertz CT molecular complexity index is 1130. The quantitative estimate of drug-likeness (QED) is 0.460. The van der Waals surface area contributed by atoms with Crippen LogP contribution < -0.4 is 10.2 Å². The van der Waals surface area contributed by atoms with Gasteiger partial charge in [-0.1, -0.05) is 22.9 Å². The molecule has 10 nitrogen and oxygen atoms in total. The number of thiazole rings is 1. The minimum absolute atomic E-state index is 0.105. The SMILES string of the molecule is CCO[C@H]1CN(c2nc(-c3cnccn3)c(C(=O)O)s2)CC[C@H]1NC(=O)c1cc(Cl)c(C)[nH]1. The molecule has 3 N–H and O–H groups in total. The van der Waals surface area contributed by atoms with Crippen molar-refractivity contribution in [2.75, 3.05) is 24.6 Å². The van der Waals surface area contributed by atoms with E-state index in [-0.39, 0.29) is 28.6 Å². The van der Waals surface area contributed by atoms with Crippen molar-refractivity contribution in [3.8, 4) is 11.4 Å². The Morgan fingerprint density at radius 2 is 2.24 bits per heavy atom. The van der Waals surface area contributed by atoms with Gasteiger partial charge in [-0.05, 0) is 26.3 Å². The minimum Gasteiger partial charge on any atom is -0.477 e. The first kappa shape index (κ1) is 23.1. The number of anilines is 1. The first-order valence-corrected chi connectivity index (χ1v) is 11.6. The molecule has 0 bridgehead atoms. The molecule has 1 amide bonds. The molecule has 4 rings (SSSR count). The summed E-state index contributed by atoms with van der Waals surface area (Å²) < 4.78 is 5.93. The van der Waals surface area contributed by atoms with E-state index in [0.29, 0.717) is 47.7 Å². The maximum absolute atomic E-state index is 12.7. The van der Waals surface area contributed by atoms with Gasteiger partial charge in [0, 0.05) is 37.8 Å². The maximum atomic E-state index is 12.7. The molecule has 1 saturated heterocycles. The van der Waals surface area contributed by atoms with Gasteiger partial charge >= 0.3 is 5.97 Å². The van der Waals surface area contributed by atoms with Crippen LogP contribution in [-0.2, 0) is 4.74 Å². The molecule has 1 fully saturated rings. The fraction of sp³-hybridized carbons (Fsp3) is 0.381. The van der Waals surface area contributed by atoms with E-state index in [9.17, 15) is 14.7 Å². The van der Waals surface area contributed by atoms with Gasteiger partial charge in [0.1, 0.15) is 22.0 Å². The fourth-order valence-corrected chi connectivity index (χ4v) is 4.83. The number of rotatable bonds is 7. The Morgan fingerprint density at radius 3 is 2.88 bits per heavy atom. The van der Waals surface area contributed by atoms with Gasteiger partial charge in [-0.3, -0.25) is 14.8 Å². The second kappa shape index (κ2) is 9.86. The highest BCUT2D eigenvalue weighted by molar-refractivity contribution is 7.17. The summed E-state index contributed by atoms with van der Waals surface area (Å²) in [5.41, 5.74) is 1.82. The highest BCUT2D eigenvalue weighted by Gasteiger charge is 2.34. The number of ether oxygens (including phenoxy) is 1. The van der Waals surface area contributed by atoms with Crippen LogP contribution >= 0.6 is 22.9 Å². The Labute approximate surface area is 199 Å². The third kappa shape index (κ3) is 5.00. The normalized spacial score (nSPS) is 18.3. The minimum atomic E-state index is -1.07. The third-order valence-electron chi connectivity index (χ3n) is 5.34. The van der Waals surface area contributed by atoms with E-state index >= 15 is 0 Å². The molecule has 4 heterocycles. The molecule has 12 heteroatoms. The summed E-state index contributed by atoms with van der Waals surface area (Å²) in [5.74, 6) is -1.32. The van der Waals surface area contributed by atoms with Crippen LogP contribution in [0, 0.1) is 6.92 Å². The summed E-state index contributed by atoms with van der Waals surface area (Å²) >= 11 is 7.15. The number of carboxylic acids is 1. The molecule has 0 aliphatic carbocycles. The highest BCUT2D eigenvalue weighted by Crippen LogP contribution is 2.34. The van der Waals surface area contributed by atoms with Gasteiger partial charge in [0.15, 0.2) is 5.13 Å². The smallest absolute Gasteiger partial charge is 0.348 e. The van der Waals surface area contributed by atoms with E-state index in [1.165, 1.54) is 18.6 Å². The van der Waals surface area contributed by atoms with Crippen LogP contribution in [0.15, 0.2) is 24.7 Å². The molecule has 174 valence electrons. The standard InChI is InChI=1S/C21H23ClN6O4S/c1-3-32-16-10-28(7-4-13(16)26-19(29)14-8-12(22)11(2)25-14)21-27-17(18(33-21)20(30)31)15-9-23-5-6-24-15/h5-6,8-9,13,16,25H,3-4,7,10H2,1-2H3,(H,26,29)(H,30,31)/t13-,16+/m1/s1. The number of hydrogen-bond acceptors (Lipinski definition) is 8. The van der Waals surface area contributed by atoms with Crippen LogP contribution in [-0.4, -0.2) is 68.8 Å².